The van der Waals surface area contributed by atoms with Crippen molar-refractivity contribution in [3.63, 3.8) is 0 Å². The molecule has 1 unspecified atom stereocenters. The second-order valence-electron chi connectivity index (χ2n) is 8.26. The number of fused-ring (bicyclic) bond motifs is 1. The summed E-state index contributed by atoms with van der Waals surface area (Å²) < 4.78 is 27.9. The van der Waals surface area contributed by atoms with Crippen molar-refractivity contribution in [1.82, 2.24) is 18.6 Å². The maximum Gasteiger partial charge on any atom is 0.225 e. The van der Waals surface area contributed by atoms with Crippen LogP contribution in [-0.2, 0) is 14.8 Å². The number of hydrogen-bond donors (Lipinski definition) is 0. The van der Waals surface area contributed by atoms with Gasteiger partial charge in [-0.25, -0.2) is 17.7 Å². The second kappa shape index (κ2) is 8.00. The quantitative estimate of drug-likeness (QED) is 0.736. The van der Waals surface area contributed by atoms with Gasteiger partial charge in [0.2, 0.25) is 15.9 Å². The van der Waals surface area contributed by atoms with Crippen molar-refractivity contribution in [3.8, 4) is 0 Å². The van der Waals surface area contributed by atoms with Gasteiger partial charge in [0, 0.05) is 49.1 Å². The number of thiazole rings is 1. The van der Waals surface area contributed by atoms with E-state index in [1.54, 1.807) is 22.6 Å². The fourth-order valence-corrected chi connectivity index (χ4v) is 6.98. The third kappa shape index (κ3) is 3.84. The smallest absolute Gasteiger partial charge is 0.225 e. The van der Waals surface area contributed by atoms with Crippen LogP contribution in [0.1, 0.15) is 55.7 Å². The number of carbonyl (C=O) groups excluding carboxylic acids is 1. The number of sulfonamides is 1. The third-order valence-electron chi connectivity index (χ3n) is 6.40. The minimum Gasteiger partial charge on any atom is -0.342 e. The number of aryl methyl sites for hydroxylation is 2. The maximum absolute atomic E-state index is 13.2. The lowest BCUT2D eigenvalue weighted by Gasteiger charge is -2.37. The van der Waals surface area contributed by atoms with Gasteiger partial charge in [-0.2, -0.15) is 0 Å². The normalized spacial score (nSPS) is 22.4. The van der Waals surface area contributed by atoms with E-state index in [-0.39, 0.29) is 23.5 Å². The molecule has 0 bridgehead atoms. The molecule has 4 rings (SSSR count). The van der Waals surface area contributed by atoms with Crippen LogP contribution in [0.3, 0.4) is 0 Å². The molecular weight excluding hydrogens is 408 g/mol. The van der Waals surface area contributed by atoms with Gasteiger partial charge in [0.15, 0.2) is 0 Å². The van der Waals surface area contributed by atoms with Crippen molar-refractivity contribution >= 4 is 32.1 Å². The van der Waals surface area contributed by atoms with Crippen molar-refractivity contribution < 1.29 is 13.2 Å². The minimum atomic E-state index is -3.16. The first-order valence-electron chi connectivity index (χ1n) is 10.5. The fourth-order valence-electron chi connectivity index (χ4n) is 4.74. The first-order chi connectivity index (χ1) is 13.8. The van der Waals surface area contributed by atoms with E-state index >= 15 is 0 Å². The van der Waals surface area contributed by atoms with Gasteiger partial charge in [-0.1, -0.05) is 0 Å². The molecule has 0 aromatic carbocycles. The summed E-state index contributed by atoms with van der Waals surface area (Å²) in [5.41, 5.74) is 2.33. The number of nitrogens with zero attached hydrogens (tertiary/aromatic N) is 4. The lowest BCUT2D eigenvalue weighted by molar-refractivity contribution is -0.138. The van der Waals surface area contributed by atoms with Crippen molar-refractivity contribution in [1.29, 1.82) is 0 Å². The Balaban J connectivity index is 1.44. The van der Waals surface area contributed by atoms with Gasteiger partial charge in [0.1, 0.15) is 10.7 Å². The van der Waals surface area contributed by atoms with Gasteiger partial charge in [0.05, 0.1) is 11.4 Å². The molecule has 9 heteroatoms. The summed E-state index contributed by atoms with van der Waals surface area (Å²) >= 11 is 1.73. The van der Waals surface area contributed by atoms with Gasteiger partial charge in [-0.15, -0.1) is 11.3 Å². The number of carbonyl (C=O) groups is 1. The van der Waals surface area contributed by atoms with Gasteiger partial charge in [-0.05, 0) is 46.5 Å². The van der Waals surface area contributed by atoms with Gasteiger partial charge >= 0.3 is 0 Å². The summed E-state index contributed by atoms with van der Waals surface area (Å²) in [4.78, 5) is 21.2. The molecule has 2 fully saturated rings. The Labute approximate surface area is 176 Å². The maximum atomic E-state index is 13.2. The fraction of sp³-hybridized carbons (Fsp3) is 0.700. The summed E-state index contributed by atoms with van der Waals surface area (Å²) in [6.07, 6.45) is 3.29. The summed E-state index contributed by atoms with van der Waals surface area (Å²) in [6, 6.07) is 0. The molecule has 2 aliphatic heterocycles. The molecule has 0 radical (unpaired) electrons. The highest BCUT2D eigenvalue weighted by atomic mass is 32.2. The zero-order chi connectivity index (χ0) is 20.8. The number of piperidine rings is 2. The number of likely N-dealkylation sites (tertiary alicyclic amines) is 1. The molecule has 29 heavy (non-hydrogen) atoms. The van der Waals surface area contributed by atoms with E-state index in [0.29, 0.717) is 25.9 Å². The molecule has 0 aliphatic carbocycles. The molecule has 4 heterocycles. The molecule has 0 saturated carbocycles. The van der Waals surface area contributed by atoms with Crippen LogP contribution < -0.4 is 0 Å². The molecule has 160 valence electrons. The largest absolute Gasteiger partial charge is 0.342 e. The molecule has 2 aromatic heterocycles. The van der Waals surface area contributed by atoms with E-state index in [9.17, 15) is 13.2 Å². The van der Waals surface area contributed by atoms with Crippen LogP contribution >= 0.6 is 11.3 Å². The molecule has 7 nitrogen and oxygen atoms in total. The lowest BCUT2D eigenvalue weighted by Crippen LogP contribution is -2.47. The van der Waals surface area contributed by atoms with Crippen LogP contribution in [0.2, 0.25) is 0 Å². The highest BCUT2D eigenvalue weighted by molar-refractivity contribution is 7.89. The van der Waals surface area contributed by atoms with E-state index in [0.717, 1.165) is 37.4 Å². The molecule has 2 aromatic rings. The predicted molar refractivity (Wildman–Crippen MR) is 115 cm³/mol. The van der Waals surface area contributed by atoms with Crippen LogP contribution in [-0.4, -0.2) is 64.8 Å². The standard InChI is InChI=1S/C20H30N4O3S2/c1-4-29(26,27)23-10-7-16(8-11-23)19(25)22-9-5-6-17(12-22)18-20-24(15(3)21-18)14(2)13-28-20/h13,16-17H,4-12H2,1-3H3. The Morgan fingerprint density at radius 1 is 1.21 bits per heavy atom. The Hall–Kier alpha value is -1.45. The molecule has 0 spiro atoms. The molecule has 1 atom stereocenters. The molecule has 1 amide bonds. The SMILES string of the molecule is CCS(=O)(=O)N1CCC(C(=O)N2CCCC(c3nc(C)n4c(C)csc34)C2)CC1. The van der Waals surface area contributed by atoms with Crippen molar-refractivity contribution in [2.75, 3.05) is 31.9 Å². The van der Waals surface area contributed by atoms with Crippen molar-refractivity contribution in [3.05, 3.63) is 22.6 Å². The van der Waals surface area contributed by atoms with E-state index in [2.05, 4.69) is 16.7 Å². The topological polar surface area (TPSA) is 75.0 Å². The number of amides is 1. The second-order valence-corrected chi connectivity index (χ2v) is 11.4. The summed E-state index contributed by atoms with van der Waals surface area (Å²) in [7, 11) is -3.16. The van der Waals surface area contributed by atoms with Crippen LogP contribution in [0.5, 0.6) is 0 Å². The molecular formula is C20H30N4O3S2. The van der Waals surface area contributed by atoms with Gasteiger partial charge in [-0.3, -0.25) is 9.20 Å². The van der Waals surface area contributed by atoms with Crippen LogP contribution in [0, 0.1) is 19.8 Å². The number of rotatable bonds is 4. The van der Waals surface area contributed by atoms with Crippen LogP contribution in [0.4, 0.5) is 0 Å². The van der Waals surface area contributed by atoms with Crippen molar-refractivity contribution in [2.45, 2.75) is 52.4 Å². The van der Waals surface area contributed by atoms with E-state index in [1.165, 1.54) is 10.5 Å². The Morgan fingerprint density at radius 2 is 1.93 bits per heavy atom. The minimum absolute atomic E-state index is 0.0650. The summed E-state index contributed by atoms with van der Waals surface area (Å²) in [5.74, 6) is 1.54. The molecule has 2 saturated heterocycles. The average molecular weight is 439 g/mol. The first-order valence-corrected chi connectivity index (χ1v) is 13.0. The van der Waals surface area contributed by atoms with E-state index < -0.39 is 10.0 Å². The highest BCUT2D eigenvalue weighted by Crippen LogP contribution is 2.34. The van der Waals surface area contributed by atoms with Crippen LogP contribution in [0.25, 0.3) is 4.83 Å². The van der Waals surface area contributed by atoms with E-state index in [1.807, 2.05) is 11.8 Å². The monoisotopic (exact) mass is 438 g/mol. The lowest BCUT2D eigenvalue weighted by atomic mass is 9.91. The summed E-state index contributed by atoms with van der Waals surface area (Å²) in [6.45, 7) is 8.24. The van der Waals surface area contributed by atoms with Crippen LogP contribution in [0.15, 0.2) is 5.38 Å². The molecule has 0 N–H and O–H groups in total. The van der Waals surface area contributed by atoms with E-state index in [4.69, 9.17) is 4.98 Å². The number of hydrogen-bond acceptors (Lipinski definition) is 5. The zero-order valence-electron chi connectivity index (χ0n) is 17.4. The van der Waals surface area contributed by atoms with Gasteiger partial charge < -0.3 is 4.90 Å². The Morgan fingerprint density at radius 3 is 2.62 bits per heavy atom. The Kier molecular flexibility index (Phi) is 5.74. The highest BCUT2D eigenvalue weighted by Gasteiger charge is 2.35. The van der Waals surface area contributed by atoms with Crippen molar-refractivity contribution in [2.24, 2.45) is 5.92 Å². The van der Waals surface area contributed by atoms with Gasteiger partial charge in [0.25, 0.3) is 0 Å². The number of aromatic nitrogens is 2. The predicted octanol–water partition coefficient (Wildman–Crippen LogP) is 2.78. The Bertz CT molecular complexity index is 1000. The average Bonchev–Trinajstić information content (AvgIpc) is 3.28. The third-order valence-corrected chi connectivity index (χ3v) is 9.36. The summed E-state index contributed by atoms with van der Waals surface area (Å²) in [5, 5.41) is 2.16. The number of imidazole rings is 1. The zero-order valence-corrected chi connectivity index (χ0v) is 19.1. The first kappa shape index (κ1) is 20.8. The molecule has 2 aliphatic rings.